The van der Waals surface area contributed by atoms with E-state index in [1.165, 1.54) is 33.5 Å². The molecule has 5 aliphatic rings. The van der Waals surface area contributed by atoms with Gasteiger partial charge in [-0.15, -0.1) is 0 Å². The number of amides is 3. The van der Waals surface area contributed by atoms with Crippen LogP contribution in [0.3, 0.4) is 0 Å². The second-order valence-electron chi connectivity index (χ2n) is 25.4. The minimum Gasteiger partial charge on any atom is -0.506 e. The van der Waals surface area contributed by atoms with Gasteiger partial charge in [-0.3, -0.25) is 43.8 Å². The van der Waals surface area contributed by atoms with Crippen molar-refractivity contribution in [1.82, 2.24) is 0 Å². The minimum atomic E-state index is -0.327. The van der Waals surface area contributed by atoms with Crippen LogP contribution in [0.4, 0.5) is 45.5 Å². The SMILES string of the molecule is COC(=O)CCOCCN(C)c1cc(CO)cc(CO)c1.COC(=O)CCOCCN(C)c1cc(COc2cc3c(cc2OC)C(=O)N2c4ccccc4C[C@H]2C=N3)cc(COc2cc3c(cc2OC)C(=O)N2c4ccccc4C[C@H]2C=N3)c1.[CH-]=Nc1cc(O)c(OC)cc1C(=O)N1CCc2ccccc21. The second-order valence-corrected chi connectivity index (χ2v) is 25.4. The van der Waals surface area contributed by atoms with Gasteiger partial charge in [-0.25, -0.2) is 0 Å². The monoisotopic (exact) mass is 1440 g/mol. The lowest BCUT2D eigenvalue weighted by Gasteiger charge is -2.23. The lowest BCUT2D eigenvalue weighted by molar-refractivity contribution is -0.142. The molecule has 0 saturated heterocycles. The number of phenolic OH excluding ortho intramolecular Hbond substituents is 1. The van der Waals surface area contributed by atoms with Crippen LogP contribution in [0.15, 0.2) is 161 Å². The highest BCUT2D eigenvalue weighted by atomic mass is 16.5. The molecule has 0 aliphatic carbocycles. The number of aromatic hydroxyl groups is 1. The van der Waals surface area contributed by atoms with Gasteiger partial charge in [0, 0.05) is 99.6 Å². The van der Waals surface area contributed by atoms with Crippen molar-refractivity contribution in [2.75, 3.05) is 120 Å². The van der Waals surface area contributed by atoms with E-state index < -0.39 is 0 Å². The molecule has 25 nitrogen and oxygen atoms in total. The highest BCUT2D eigenvalue weighted by molar-refractivity contribution is 6.16. The fourth-order valence-corrected chi connectivity index (χ4v) is 13.0. The smallest absolute Gasteiger partial charge is 0.307 e. The number of carbonyl (C=O) groups excluding carboxylic acids is 5. The predicted octanol–water partition coefficient (Wildman–Crippen LogP) is 11.0. The molecule has 5 aliphatic heterocycles. The van der Waals surface area contributed by atoms with E-state index in [-0.39, 0.29) is 105 Å². The highest BCUT2D eigenvalue weighted by Gasteiger charge is 2.38. The Hall–Kier alpha value is -11.6. The third-order valence-corrected chi connectivity index (χ3v) is 18.7. The first-order valence-electron chi connectivity index (χ1n) is 34.5. The van der Waals surface area contributed by atoms with Crippen LogP contribution >= 0.6 is 0 Å². The molecule has 0 saturated carbocycles. The average Bonchev–Trinajstić information content (AvgIpc) is 1.58. The Morgan fingerprint density at radius 3 is 1.43 bits per heavy atom. The molecule has 2 atom stereocenters. The maximum absolute atomic E-state index is 14.0. The molecule has 0 radical (unpaired) electrons. The van der Waals surface area contributed by atoms with E-state index in [9.17, 15) is 39.3 Å². The summed E-state index contributed by atoms with van der Waals surface area (Å²) in [7, 11) is 11.1. The molecule has 13 rings (SSSR count). The lowest BCUT2D eigenvalue weighted by Crippen LogP contribution is -2.37. The summed E-state index contributed by atoms with van der Waals surface area (Å²) in [5.74, 6) is 0.677. The number of fused-ring (bicyclic) bond motifs is 9. The average molecular weight is 1440 g/mol. The molecule has 0 aromatic heterocycles. The van der Waals surface area contributed by atoms with Gasteiger partial charge < -0.3 is 77.6 Å². The summed E-state index contributed by atoms with van der Waals surface area (Å²) in [5.41, 5.74) is 13.4. The van der Waals surface area contributed by atoms with Crippen molar-refractivity contribution in [2.24, 2.45) is 15.0 Å². The van der Waals surface area contributed by atoms with Crippen molar-refractivity contribution < 1.29 is 81.9 Å². The fourth-order valence-electron chi connectivity index (χ4n) is 13.0. The van der Waals surface area contributed by atoms with Crippen molar-refractivity contribution in [1.29, 1.82) is 0 Å². The number of hydrogen-bond donors (Lipinski definition) is 3. The van der Waals surface area contributed by atoms with Crippen molar-refractivity contribution >= 4 is 94.3 Å². The highest BCUT2D eigenvalue weighted by Crippen LogP contribution is 2.44. The molecular formula is C81H85N8O17-. The van der Waals surface area contributed by atoms with E-state index in [0.717, 1.165) is 73.8 Å². The molecule has 0 bridgehead atoms. The quantitative estimate of drug-likeness (QED) is 0.0187. The number of aliphatic hydroxyl groups is 2. The van der Waals surface area contributed by atoms with Crippen molar-refractivity contribution in [3.05, 3.63) is 201 Å². The Balaban J connectivity index is 0.000000211. The third kappa shape index (κ3) is 17.4. The molecule has 8 aromatic carbocycles. The number of aliphatic hydroxyl groups excluding tert-OH is 2. The molecule has 8 aromatic rings. The van der Waals surface area contributed by atoms with E-state index in [4.69, 9.17) is 54.6 Å². The van der Waals surface area contributed by atoms with E-state index in [1.54, 1.807) is 59.3 Å². The number of hydrogen-bond acceptors (Lipinski definition) is 22. The third-order valence-electron chi connectivity index (χ3n) is 18.7. The number of aliphatic imine (C=N–C) groups is 3. The van der Waals surface area contributed by atoms with Crippen molar-refractivity contribution in [3.8, 4) is 34.5 Å². The molecule has 5 heterocycles. The van der Waals surface area contributed by atoms with Gasteiger partial charge in [-0.05, 0) is 118 Å². The number of phenols is 1. The largest absolute Gasteiger partial charge is 0.506 e. The predicted molar refractivity (Wildman–Crippen MR) is 403 cm³/mol. The first kappa shape index (κ1) is 75.5. The molecule has 3 N–H and O–H groups in total. The number of ether oxygens (including phenoxy) is 9. The number of para-hydroxylation sites is 3. The Kier molecular flexibility index (Phi) is 25.1. The van der Waals surface area contributed by atoms with Crippen LogP contribution < -0.4 is 48.2 Å². The van der Waals surface area contributed by atoms with Crippen LogP contribution in [0.2, 0.25) is 0 Å². The number of benzene rings is 8. The fraction of sp³-hybridized carbons (Fsp3) is 0.309. The zero-order valence-corrected chi connectivity index (χ0v) is 60.2. The standard InChI is InChI=1S/C49H47N5O9.C17H15N2O3.C15H23NO5/c1-52(14-16-61-15-13-47(55)60-4)34-18-30(28-62-45-24-39-37(22-43(45)58-2)48(56)53-35(26-50-39)20-32-9-5-7-11-41(32)53)17-31(19-34)29-63-46-25-40-38(23-44(46)59-3)49(57)54-36(27-51-40)21-33-10-6-8-12-42(33)54;1-18-13-10-15(20)16(22-2)9-12(13)17(21)19-8-7-11-5-3-4-6-14(11)19;1-16(4-6-21-5-3-15(19)20-2)14-8-12(10-17)7-13(9-14)11-18/h5-12,17-19,22-27,35-36H,13-16,20-21,28-29H2,1-4H3;1,3-6,9-10,20H,7-8H2,2H3;7-9,17-18H,3-6,10-11H2,1-2H3/q;-1;/t35-,36-;;/m0../s1. The Bertz CT molecular complexity index is 4440. The second kappa shape index (κ2) is 35.2. The van der Waals surface area contributed by atoms with Gasteiger partial charge in [0.25, 0.3) is 11.8 Å². The lowest BCUT2D eigenvalue weighted by atomic mass is 10.1. The molecule has 25 heteroatoms. The molecule has 3 amide bonds. The van der Waals surface area contributed by atoms with E-state index in [1.807, 2.05) is 139 Å². The number of rotatable bonds is 27. The first-order chi connectivity index (χ1) is 51.5. The minimum absolute atomic E-state index is 0.0652. The summed E-state index contributed by atoms with van der Waals surface area (Å²) in [6.45, 7) is 8.74. The summed E-state index contributed by atoms with van der Waals surface area (Å²) >= 11 is 0. The van der Waals surface area contributed by atoms with Crippen LogP contribution in [-0.4, -0.2) is 172 Å². The molecule has 552 valence electrons. The summed E-state index contributed by atoms with van der Waals surface area (Å²) in [5, 5.41) is 28.2. The van der Waals surface area contributed by atoms with Crippen LogP contribution in [-0.2, 0) is 74.2 Å². The van der Waals surface area contributed by atoms with E-state index in [2.05, 4.69) is 9.73 Å². The van der Waals surface area contributed by atoms with Gasteiger partial charge in [0.2, 0.25) is 5.91 Å². The van der Waals surface area contributed by atoms with Crippen LogP contribution in [0.25, 0.3) is 0 Å². The Morgan fingerprint density at radius 2 is 0.981 bits per heavy atom. The summed E-state index contributed by atoms with van der Waals surface area (Å²) in [6, 6.07) is 44.5. The molecule has 0 fully saturated rings. The zero-order chi connectivity index (χ0) is 75.0. The number of carbonyl (C=O) groups is 5. The summed E-state index contributed by atoms with van der Waals surface area (Å²) < 4.78 is 49.9. The number of esters is 2. The van der Waals surface area contributed by atoms with E-state index in [0.29, 0.717) is 103 Å². The maximum Gasteiger partial charge on any atom is 0.307 e. The first-order valence-corrected chi connectivity index (χ1v) is 34.5. The number of nitrogens with zero attached hydrogens (tertiary/aromatic N) is 8. The molecular weight excluding hydrogens is 1360 g/mol. The number of methoxy groups -OCH3 is 5. The van der Waals surface area contributed by atoms with E-state index >= 15 is 0 Å². The summed E-state index contributed by atoms with van der Waals surface area (Å²) in [6.07, 6.45) is 6.27. The molecule has 0 spiro atoms. The maximum atomic E-state index is 14.0. The number of likely N-dealkylation sites (N-methyl/N-ethyl adjacent to an activating group) is 2. The number of anilines is 5. The van der Waals surface area contributed by atoms with Gasteiger partial charge >= 0.3 is 11.9 Å². The molecule has 0 unspecified atom stereocenters. The van der Waals surface area contributed by atoms with Gasteiger partial charge in [-0.2, -0.15) is 6.72 Å². The van der Waals surface area contributed by atoms with Gasteiger partial charge in [0.05, 0.1) is 123 Å². The zero-order valence-electron chi connectivity index (χ0n) is 60.2. The Morgan fingerprint density at radius 1 is 0.538 bits per heavy atom. The normalized spacial score (nSPS) is 14.6. The van der Waals surface area contributed by atoms with Crippen LogP contribution in [0.1, 0.15) is 82.9 Å². The van der Waals surface area contributed by atoms with Gasteiger partial charge in [0.15, 0.2) is 28.7 Å². The topological polar surface area (TPSA) is 282 Å². The van der Waals surface area contributed by atoms with Gasteiger partial charge in [-0.1, -0.05) is 72.4 Å². The van der Waals surface area contributed by atoms with Gasteiger partial charge in [0.1, 0.15) is 19.0 Å². The molecule has 106 heavy (non-hydrogen) atoms. The van der Waals surface area contributed by atoms with Crippen molar-refractivity contribution in [3.63, 3.8) is 0 Å². The van der Waals surface area contributed by atoms with Crippen LogP contribution in [0.5, 0.6) is 34.5 Å². The van der Waals surface area contributed by atoms with Crippen molar-refractivity contribution in [2.45, 2.75) is 70.6 Å². The van der Waals surface area contributed by atoms with Crippen LogP contribution in [0, 0.1) is 0 Å². The Labute approximate surface area is 615 Å². The summed E-state index contributed by atoms with van der Waals surface area (Å²) in [4.78, 5) is 85.7.